The molecule has 1 N–H and O–H groups in total. The zero-order valence-electron chi connectivity index (χ0n) is 17.0. The van der Waals surface area contributed by atoms with Gasteiger partial charge in [-0.1, -0.05) is 6.07 Å². The lowest BCUT2D eigenvalue weighted by Crippen LogP contribution is -2.28. The van der Waals surface area contributed by atoms with E-state index in [1.807, 2.05) is 0 Å². The molecule has 3 rings (SSSR count). The minimum absolute atomic E-state index is 0.0707. The summed E-state index contributed by atoms with van der Waals surface area (Å²) in [5.41, 5.74) is 0.750. The number of carbonyl (C=O) groups excluding carboxylic acids is 2. The second-order valence-corrected chi connectivity index (χ2v) is 8.91. The van der Waals surface area contributed by atoms with Crippen LogP contribution >= 0.6 is 0 Å². The number of hydrogen-bond acceptors (Lipinski definition) is 7. The van der Waals surface area contributed by atoms with Crippen LogP contribution in [-0.2, 0) is 24.3 Å². The zero-order valence-corrected chi connectivity index (χ0v) is 17.8. The molecule has 0 unspecified atom stereocenters. The fourth-order valence-corrected chi connectivity index (χ4v) is 4.63. The van der Waals surface area contributed by atoms with Gasteiger partial charge in [0.25, 0.3) is 11.6 Å². The van der Waals surface area contributed by atoms with E-state index in [2.05, 4.69) is 5.32 Å². The fraction of sp³-hybridized carbons (Fsp3) is 0.238. The minimum atomic E-state index is -3.61. The van der Waals surface area contributed by atoms with Crippen LogP contribution in [0, 0.1) is 10.1 Å². The Morgan fingerprint density at radius 2 is 1.81 bits per heavy atom. The summed E-state index contributed by atoms with van der Waals surface area (Å²) in [5.74, 6) is -1.40. The number of nitrogens with zero attached hydrogens (tertiary/aromatic N) is 2. The van der Waals surface area contributed by atoms with Crippen molar-refractivity contribution in [3.8, 4) is 0 Å². The van der Waals surface area contributed by atoms with E-state index in [0.29, 0.717) is 18.7 Å². The highest BCUT2D eigenvalue weighted by Gasteiger charge is 2.27. The lowest BCUT2D eigenvalue weighted by molar-refractivity contribution is -0.384. The van der Waals surface area contributed by atoms with Crippen LogP contribution < -0.4 is 5.32 Å². The number of esters is 1. The minimum Gasteiger partial charge on any atom is -0.452 e. The van der Waals surface area contributed by atoms with Crippen LogP contribution in [0.25, 0.3) is 6.08 Å². The van der Waals surface area contributed by atoms with E-state index in [1.165, 1.54) is 58.9 Å². The maximum absolute atomic E-state index is 12.6. The average Bonchev–Trinajstić information content (AvgIpc) is 3.33. The van der Waals surface area contributed by atoms with Crippen molar-refractivity contribution in [3.05, 3.63) is 70.3 Å². The van der Waals surface area contributed by atoms with Gasteiger partial charge in [-0.2, -0.15) is 4.31 Å². The van der Waals surface area contributed by atoms with Gasteiger partial charge < -0.3 is 10.1 Å². The Hall–Kier alpha value is -3.57. The summed E-state index contributed by atoms with van der Waals surface area (Å²) >= 11 is 0. The molecule has 32 heavy (non-hydrogen) atoms. The number of amides is 1. The van der Waals surface area contributed by atoms with E-state index >= 15 is 0 Å². The number of nitro benzene ring substituents is 1. The Balaban J connectivity index is 1.52. The SMILES string of the molecule is O=C(COC(=O)/C=C/c1ccc([N+](=O)[O-])cc1)Nc1cccc(S(=O)(=O)N2CCCC2)c1. The van der Waals surface area contributed by atoms with Crippen molar-refractivity contribution in [1.29, 1.82) is 0 Å². The van der Waals surface area contributed by atoms with Crippen molar-refractivity contribution in [2.24, 2.45) is 0 Å². The first-order valence-corrected chi connectivity index (χ1v) is 11.2. The van der Waals surface area contributed by atoms with E-state index in [-0.39, 0.29) is 16.3 Å². The van der Waals surface area contributed by atoms with Gasteiger partial charge in [0, 0.05) is 37.0 Å². The second kappa shape index (κ2) is 10.2. The smallest absolute Gasteiger partial charge is 0.331 e. The number of benzene rings is 2. The maximum atomic E-state index is 12.6. The number of hydrogen-bond donors (Lipinski definition) is 1. The first-order valence-electron chi connectivity index (χ1n) is 9.75. The molecule has 10 nitrogen and oxygen atoms in total. The van der Waals surface area contributed by atoms with Crippen molar-refractivity contribution in [1.82, 2.24) is 4.31 Å². The zero-order chi connectivity index (χ0) is 23.1. The number of non-ortho nitro benzene ring substituents is 1. The molecule has 168 valence electrons. The second-order valence-electron chi connectivity index (χ2n) is 6.98. The predicted molar refractivity (Wildman–Crippen MR) is 116 cm³/mol. The predicted octanol–water partition coefficient (Wildman–Crippen LogP) is 2.57. The number of sulfonamides is 1. The highest BCUT2D eigenvalue weighted by Crippen LogP contribution is 2.23. The Morgan fingerprint density at radius 1 is 1.12 bits per heavy atom. The third kappa shape index (κ3) is 5.99. The van der Waals surface area contributed by atoms with Crippen LogP contribution in [0.2, 0.25) is 0 Å². The quantitative estimate of drug-likeness (QED) is 0.277. The van der Waals surface area contributed by atoms with Crippen LogP contribution in [-0.4, -0.2) is 49.2 Å². The van der Waals surface area contributed by atoms with E-state index in [0.717, 1.165) is 18.9 Å². The molecule has 1 saturated heterocycles. The summed E-state index contributed by atoms with van der Waals surface area (Å²) in [6, 6.07) is 11.4. The van der Waals surface area contributed by atoms with E-state index in [4.69, 9.17) is 4.74 Å². The van der Waals surface area contributed by atoms with E-state index in [9.17, 15) is 28.1 Å². The lowest BCUT2D eigenvalue weighted by atomic mass is 10.2. The van der Waals surface area contributed by atoms with Gasteiger partial charge in [-0.05, 0) is 54.8 Å². The van der Waals surface area contributed by atoms with Crippen molar-refractivity contribution < 1.29 is 27.7 Å². The standard InChI is InChI=1S/C21H21N3O7S/c25-20(15-31-21(26)11-8-16-6-9-18(10-7-16)24(27)28)22-17-4-3-5-19(14-17)32(29,30)23-12-1-2-13-23/h3-11,14H,1-2,12-13,15H2,(H,22,25)/b11-8+. The van der Waals surface area contributed by atoms with Crippen molar-refractivity contribution in [3.63, 3.8) is 0 Å². The van der Waals surface area contributed by atoms with Gasteiger partial charge in [-0.25, -0.2) is 13.2 Å². The third-order valence-electron chi connectivity index (χ3n) is 4.68. The molecule has 1 fully saturated rings. The van der Waals surface area contributed by atoms with Gasteiger partial charge in [-0.3, -0.25) is 14.9 Å². The highest BCUT2D eigenvalue weighted by atomic mass is 32.2. The molecule has 0 atom stereocenters. The molecule has 2 aromatic rings. The highest BCUT2D eigenvalue weighted by molar-refractivity contribution is 7.89. The first-order chi connectivity index (χ1) is 15.3. The third-order valence-corrected chi connectivity index (χ3v) is 6.58. The molecule has 0 radical (unpaired) electrons. The maximum Gasteiger partial charge on any atom is 0.331 e. The summed E-state index contributed by atoms with van der Waals surface area (Å²) in [4.78, 5) is 34.1. The summed E-state index contributed by atoms with van der Waals surface area (Å²) in [5, 5.41) is 13.1. The van der Waals surface area contributed by atoms with Gasteiger partial charge in [0.1, 0.15) is 0 Å². The fourth-order valence-electron chi connectivity index (χ4n) is 3.07. The first kappa shape index (κ1) is 23.1. The molecule has 1 aliphatic rings. The van der Waals surface area contributed by atoms with Gasteiger partial charge in [0.15, 0.2) is 6.61 Å². The lowest BCUT2D eigenvalue weighted by Gasteiger charge is -2.16. The van der Waals surface area contributed by atoms with Crippen LogP contribution in [0.5, 0.6) is 0 Å². The van der Waals surface area contributed by atoms with Gasteiger partial charge in [0.2, 0.25) is 10.0 Å². The number of nitro groups is 1. The number of carbonyl (C=O) groups is 2. The summed E-state index contributed by atoms with van der Waals surface area (Å²) < 4.78 is 31.5. The van der Waals surface area contributed by atoms with E-state index in [1.54, 1.807) is 0 Å². The van der Waals surface area contributed by atoms with E-state index < -0.39 is 33.4 Å². The average molecular weight is 459 g/mol. The molecule has 0 spiro atoms. The monoisotopic (exact) mass is 459 g/mol. The molecular formula is C21H21N3O7S. The number of ether oxygens (including phenoxy) is 1. The molecular weight excluding hydrogens is 438 g/mol. The van der Waals surface area contributed by atoms with Gasteiger partial charge in [-0.15, -0.1) is 0 Å². The van der Waals surface area contributed by atoms with Crippen molar-refractivity contribution in [2.75, 3.05) is 25.0 Å². The number of anilines is 1. The Bertz CT molecular complexity index is 1140. The molecule has 0 aliphatic carbocycles. The Morgan fingerprint density at radius 3 is 2.47 bits per heavy atom. The summed E-state index contributed by atoms with van der Waals surface area (Å²) in [7, 11) is -3.61. The number of rotatable bonds is 8. The summed E-state index contributed by atoms with van der Waals surface area (Å²) in [6.45, 7) is 0.386. The van der Waals surface area contributed by atoms with Crippen LogP contribution in [0.1, 0.15) is 18.4 Å². The molecule has 1 aliphatic heterocycles. The van der Waals surface area contributed by atoms with Crippen molar-refractivity contribution in [2.45, 2.75) is 17.7 Å². The molecule has 0 bridgehead atoms. The topological polar surface area (TPSA) is 136 Å². The van der Waals surface area contributed by atoms with Crippen molar-refractivity contribution >= 4 is 39.4 Å². The largest absolute Gasteiger partial charge is 0.452 e. The number of nitrogens with one attached hydrogen (secondary N) is 1. The molecule has 0 saturated carbocycles. The Kier molecular flexibility index (Phi) is 7.33. The molecule has 1 heterocycles. The molecule has 2 aromatic carbocycles. The van der Waals surface area contributed by atoms with Gasteiger partial charge >= 0.3 is 5.97 Å². The van der Waals surface area contributed by atoms with Crippen LogP contribution in [0.15, 0.2) is 59.5 Å². The molecule has 11 heteroatoms. The molecule has 1 amide bonds. The van der Waals surface area contributed by atoms with Gasteiger partial charge in [0.05, 0.1) is 9.82 Å². The Labute approximate surface area is 184 Å². The normalized spacial score (nSPS) is 14.4. The van der Waals surface area contributed by atoms with Crippen LogP contribution in [0.3, 0.4) is 0 Å². The molecule has 0 aromatic heterocycles. The van der Waals surface area contributed by atoms with Crippen LogP contribution in [0.4, 0.5) is 11.4 Å². The summed E-state index contributed by atoms with van der Waals surface area (Å²) in [6.07, 6.45) is 4.13.